The van der Waals surface area contributed by atoms with Crippen LogP contribution < -0.4 is 5.32 Å². The van der Waals surface area contributed by atoms with E-state index in [1.807, 2.05) is 6.92 Å². The lowest BCUT2D eigenvalue weighted by Gasteiger charge is -2.26. The topological polar surface area (TPSA) is 47.0 Å². The third-order valence-electron chi connectivity index (χ3n) is 3.41. The number of hydrogen-bond donors (Lipinski definition) is 1. The molecule has 2 heterocycles. The Morgan fingerprint density at radius 1 is 1.47 bits per heavy atom. The van der Waals surface area contributed by atoms with Crippen molar-refractivity contribution >= 4 is 0 Å². The highest BCUT2D eigenvalue weighted by molar-refractivity contribution is 5.12. The van der Waals surface area contributed by atoms with E-state index in [0.29, 0.717) is 0 Å². The van der Waals surface area contributed by atoms with Gasteiger partial charge in [0.2, 0.25) is 0 Å². The number of nitrogens with one attached hydrogen (secondary N) is 1. The summed E-state index contributed by atoms with van der Waals surface area (Å²) in [6.07, 6.45) is 5.77. The highest BCUT2D eigenvalue weighted by Gasteiger charge is 2.30. The van der Waals surface area contributed by atoms with Gasteiger partial charge >= 0.3 is 0 Å². The summed E-state index contributed by atoms with van der Waals surface area (Å²) in [6.45, 7) is 8.04. The van der Waals surface area contributed by atoms with Gasteiger partial charge in [-0.25, -0.2) is 0 Å². The number of aromatic nitrogens is 2. The van der Waals surface area contributed by atoms with Crippen LogP contribution in [0.1, 0.15) is 44.1 Å². The van der Waals surface area contributed by atoms with Crippen LogP contribution in [0.5, 0.6) is 0 Å². The van der Waals surface area contributed by atoms with Gasteiger partial charge in [-0.1, -0.05) is 0 Å². The number of aryl methyl sites for hydroxylation is 1. The zero-order valence-corrected chi connectivity index (χ0v) is 10.9. The highest BCUT2D eigenvalue weighted by Crippen LogP contribution is 2.25. The zero-order valence-electron chi connectivity index (χ0n) is 10.9. The van der Waals surface area contributed by atoms with Gasteiger partial charge in [-0.05, 0) is 33.6 Å². The first kappa shape index (κ1) is 12.5. The zero-order chi connectivity index (χ0) is 12.3. The molecule has 0 radical (unpaired) electrons. The average molecular weight is 235 g/mol. The Morgan fingerprint density at radius 3 is 2.88 bits per heavy atom. The summed E-state index contributed by atoms with van der Waals surface area (Å²) in [4.78, 5) is 8.64. The normalized spacial score (nSPS) is 26.1. The van der Waals surface area contributed by atoms with Gasteiger partial charge in [-0.15, -0.1) is 0 Å². The van der Waals surface area contributed by atoms with Crippen LogP contribution >= 0.6 is 0 Å². The molecule has 0 spiro atoms. The van der Waals surface area contributed by atoms with Crippen molar-refractivity contribution < 1.29 is 4.74 Å². The smallest absolute Gasteiger partial charge is 0.0782 e. The first-order valence-electron chi connectivity index (χ1n) is 6.26. The second kappa shape index (κ2) is 5.10. The third kappa shape index (κ3) is 3.01. The molecule has 0 saturated carbocycles. The van der Waals surface area contributed by atoms with Crippen LogP contribution in [0.15, 0.2) is 12.4 Å². The van der Waals surface area contributed by atoms with Crippen molar-refractivity contribution in [2.75, 3.05) is 13.2 Å². The fraction of sp³-hybridized carbons (Fsp3) is 0.692. The summed E-state index contributed by atoms with van der Waals surface area (Å²) in [5.74, 6) is 0. The minimum Gasteiger partial charge on any atom is -0.374 e. The Balaban J connectivity index is 1.93. The molecule has 1 aromatic heterocycles. The van der Waals surface area contributed by atoms with Gasteiger partial charge in [0.05, 0.1) is 17.0 Å². The van der Waals surface area contributed by atoms with Gasteiger partial charge in [0.25, 0.3) is 0 Å². The predicted octanol–water partition coefficient (Wildman–Crippen LogP) is 2.00. The fourth-order valence-corrected chi connectivity index (χ4v) is 2.29. The Labute approximate surface area is 103 Å². The van der Waals surface area contributed by atoms with E-state index in [0.717, 1.165) is 37.4 Å². The van der Waals surface area contributed by atoms with Gasteiger partial charge in [-0.3, -0.25) is 9.97 Å². The summed E-state index contributed by atoms with van der Waals surface area (Å²) in [7, 11) is 0. The van der Waals surface area contributed by atoms with Crippen molar-refractivity contribution in [3.63, 3.8) is 0 Å². The van der Waals surface area contributed by atoms with Crippen molar-refractivity contribution in [2.45, 2.75) is 45.3 Å². The Morgan fingerprint density at radius 2 is 2.24 bits per heavy atom. The second-order valence-corrected chi connectivity index (χ2v) is 5.03. The Bertz CT molecular complexity index is 375. The highest BCUT2D eigenvalue weighted by atomic mass is 16.5. The van der Waals surface area contributed by atoms with Crippen LogP contribution in [0.3, 0.4) is 0 Å². The van der Waals surface area contributed by atoms with E-state index >= 15 is 0 Å². The maximum Gasteiger partial charge on any atom is 0.0782 e. The van der Waals surface area contributed by atoms with Crippen molar-refractivity contribution in [1.29, 1.82) is 0 Å². The quantitative estimate of drug-likeness (QED) is 0.867. The molecular formula is C13H21N3O. The molecule has 0 amide bonds. The lowest BCUT2D eigenvalue weighted by atomic mass is 10.0. The lowest BCUT2D eigenvalue weighted by Crippen LogP contribution is -2.38. The van der Waals surface area contributed by atoms with Crippen LogP contribution in [0.2, 0.25) is 0 Å². The maximum atomic E-state index is 5.76. The Hall–Kier alpha value is -1.00. The van der Waals surface area contributed by atoms with Gasteiger partial charge in [-0.2, -0.15) is 0 Å². The first-order chi connectivity index (χ1) is 8.11. The summed E-state index contributed by atoms with van der Waals surface area (Å²) >= 11 is 0. The SMILES string of the molecule is Cc1nccnc1C(C)NCC1(C)CCCO1. The van der Waals surface area contributed by atoms with Crippen LogP contribution in [-0.2, 0) is 4.74 Å². The summed E-state index contributed by atoms with van der Waals surface area (Å²) in [5, 5.41) is 3.49. The maximum absolute atomic E-state index is 5.76. The standard InChI is InChI=1S/C13H21N3O/c1-10-12(15-7-6-14-10)11(2)16-9-13(3)5-4-8-17-13/h6-7,11,16H,4-5,8-9H2,1-3H3. The van der Waals surface area contributed by atoms with E-state index < -0.39 is 0 Å². The van der Waals surface area contributed by atoms with Gasteiger partial charge in [0.15, 0.2) is 0 Å². The van der Waals surface area contributed by atoms with Gasteiger partial charge < -0.3 is 10.1 Å². The van der Waals surface area contributed by atoms with Crippen LogP contribution in [0.25, 0.3) is 0 Å². The minimum absolute atomic E-state index is 0.00955. The lowest BCUT2D eigenvalue weighted by molar-refractivity contribution is 0.0190. The molecule has 0 aromatic carbocycles. The van der Waals surface area contributed by atoms with E-state index in [1.165, 1.54) is 0 Å². The molecule has 0 bridgehead atoms. The summed E-state index contributed by atoms with van der Waals surface area (Å²) < 4.78 is 5.76. The molecule has 1 fully saturated rings. The molecule has 1 aromatic rings. The van der Waals surface area contributed by atoms with E-state index in [4.69, 9.17) is 4.74 Å². The van der Waals surface area contributed by atoms with E-state index in [2.05, 4.69) is 29.1 Å². The summed E-state index contributed by atoms with van der Waals surface area (Å²) in [5.41, 5.74) is 2.00. The number of nitrogens with zero attached hydrogens (tertiary/aromatic N) is 2. The van der Waals surface area contributed by atoms with Crippen molar-refractivity contribution in [2.24, 2.45) is 0 Å². The molecule has 2 rings (SSSR count). The number of hydrogen-bond acceptors (Lipinski definition) is 4. The molecule has 2 atom stereocenters. The van der Waals surface area contributed by atoms with Crippen LogP contribution in [0.4, 0.5) is 0 Å². The number of rotatable bonds is 4. The van der Waals surface area contributed by atoms with Crippen LogP contribution in [0, 0.1) is 6.92 Å². The largest absolute Gasteiger partial charge is 0.374 e. The predicted molar refractivity (Wildman–Crippen MR) is 66.8 cm³/mol. The van der Waals surface area contributed by atoms with Crippen LogP contribution in [-0.4, -0.2) is 28.7 Å². The van der Waals surface area contributed by atoms with E-state index in [-0.39, 0.29) is 11.6 Å². The molecule has 2 unspecified atom stereocenters. The minimum atomic E-state index is -0.00955. The molecular weight excluding hydrogens is 214 g/mol. The number of ether oxygens (including phenoxy) is 1. The molecule has 1 saturated heterocycles. The van der Waals surface area contributed by atoms with Crippen molar-refractivity contribution in [1.82, 2.24) is 15.3 Å². The van der Waals surface area contributed by atoms with Gasteiger partial charge in [0.1, 0.15) is 0 Å². The molecule has 1 aliphatic rings. The molecule has 1 N–H and O–H groups in total. The van der Waals surface area contributed by atoms with E-state index in [1.54, 1.807) is 12.4 Å². The molecule has 4 nitrogen and oxygen atoms in total. The second-order valence-electron chi connectivity index (χ2n) is 5.03. The van der Waals surface area contributed by atoms with Gasteiger partial charge in [0, 0.05) is 31.6 Å². The van der Waals surface area contributed by atoms with Crippen molar-refractivity contribution in [3.8, 4) is 0 Å². The molecule has 4 heteroatoms. The monoisotopic (exact) mass is 235 g/mol. The van der Waals surface area contributed by atoms with Crippen molar-refractivity contribution in [3.05, 3.63) is 23.8 Å². The summed E-state index contributed by atoms with van der Waals surface area (Å²) in [6, 6.07) is 0.213. The molecule has 1 aliphatic heterocycles. The Kier molecular flexibility index (Phi) is 3.74. The third-order valence-corrected chi connectivity index (χ3v) is 3.41. The first-order valence-corrected chi connectivity index (χ1v) is 6.26. The van der Waals surface area contributed by atoms with E-state index in [9.17, 15) is 0 Å². The molecule has 17 heavy (non-hydrogen) atoms. The average Bonchev–Trinajstić information content (AvgIpc) is 2.74. The fourth-order valence-electron chi connectivity index (χ4n) is 2.29. The molecule has 0 aliphatic carbocycles. The molecule has 94 valence electrons.